The van der Waals surface area contributed by atoms with E-state index >= 15 is 0 Å². The molecular weight excluding hydrogens is 178 g/mol. The second-order valence-corrected chi connectivity index (χ2v) is 4.24. The topological polar surface area (TPSA) is 50.1 Å². The van der Waals surface area contributed by atoms with Crippen LogP contribution in [-0.2, 0) is 9.53 Å². The summed E-state index contributed by atoms with van der Waals surface area (Å²) in [4.78, 5) is 11.4. The van der Waals surface area contributed by atoms with Crippen molar-refractivity contribution in [1.82, 2.24) is 0 Å². The van der Waals surface area contributed by atoms with Gasteiger partial charge in [-0.05, 0) is 19.3 Å². The summed E-state index contributed by atoms with van der Waals surface area (Å²) in [7, 11) is 0. The van der Waals surface area contributed by atoms with E-state index in [-0.39, 0.29) is 18.0 Å². The molecule has 14 heavy (non-hydrogen) atoms. The fraction of sp³-hybridized carbons (Fsp3) is 0.818. The van der Waals surface area contributed by atoms with Gasteiger partial charge in [-0.1, -0.05) is 19.3 Å². The van der Waals surface area contributed by atoms with Gasteiger partial charge in [0.25, 0.3) is 0 Å². The van der Waals surface area contributed by atoms with Gasteiger partial charge in [0, 0.05) is 5.92 Å². The van der Waals surface area contributed by atoms with Crippen LogP contribution in [-0.4, -0.2) is 12.1 Å². The molecule has 3 heteroatoms. The van der Waals surface area contributed by atoms with Gasteiger partial charge in [-0.25, -0.2) is 0 Å². The van der Waals surface area contributed by atoms with Gasteiger partial charge < -0.3 is 4.74 Å². The van der Waals surface area contributed by atoms with Gasteiger partial charge in [-0.15, -0.1) is 0 Å². The lowest BCUT2D eigenvalue weighted by molar-refractivity contribution is -0.143. The molecule has 0 aromatic rings. The fourth-order valence-electron chi connectivity index (χ4n) is 2.55. The zero-order valence-corrected chi connectivity index (χ0v) is 8.24. The summed E-state index contributed by atoms with van der Waals surface area (Å²) in [5.41, 5.74) is 0. The van der Waals surface area contributed by atoms with Crippen molar-refractivity contribution in [3.63, 3.8) is 0 Å². The van der Waals surface area contributed by atoms with E-state index in [4.69, 9.17) is 10.00 Å². The van der Waals surface area contributed by atoms with Gasteiger partial charge >= 0.3 is 5.97 Å². The Bertz CT molecular complexity index is 269. The van der Waals surface area contributed by atoms with Crippen molar-refractivity contribution in [2.75, 3.05) is 0 Å². The highest BCUT2D eigenvalue weighted by molar-refractivity contribution is 5.78. The van der Waals surface area contributed by atoms with E-state index in [9.17, 15) is 4.79 Å². The lowest BCUT2D eigenvalue weighted by Crippen LogP contribution is -2.21. The molecule has 0 aromatic carbocycles. The highest BCUT2D eigenvalue weighted by Crippen LogP contribution is 2.36. The first kappa shape index (κ1) is 9.51. The average molecular weight is 193 g/mol. The molecule has 3 atom stereocenters. The molecular formula is C11H15NO2. The van der Waals surface area contributed by atoms with Crippen molar-refractivity contribution < 1.29 is 9.53 Å². The Labute approximate surface area is 84.0 Å². The van der Waals surface area contributed by atoms with E-state index < -0.39 is 5.92 Å². The van der Waals surface area contributed by atoms with E-state index in [1.165, 1.54) is 12.8 Å². The van der Waals surface area contributed by atoms with Gasteiger partial charge in [0.2, 0.25) is 0 Å². The summed E-state index contributed by atoms with van der Waals surface area (Å²) in [6.45, 7) is 0. The van der Waals surface area contributed by atoms with E-state index in [0.29, 0.717) is 0 Å². The van der Waals surface area contributed by atoms with Crippen LogP contribution in [0.1, 0.15) is 38.5 Å². The molecule has 3 unspecified atom stereocenters. The van der Waals surface area contributed by atoms with Crippen LogP contribution in [0.4, 0.5) is 0 Å². The molecule has 76 valence electrons. The number of carbonyl (C=O) groups excluding carboxylic acids is 1. The average Bonchev–Trinajstić information content (AvgIpc) is 2.42. The third kappa shape index (κ3) is 1.61. The molecule has 2 aliphatic rings. The van der Waals surface area contributed by atoms with Crippen molar-refractivity contribution in [2.24, 2.45) is 11.8 Å². The van der Waals surface area contributed by atoms with Gasteiger partial charge in [0.1, 0.15) is 12.0 Å². The predicted molar refractivity (Wildman–Crippen MR) is 50.2 cm³/mol. The number of nitriles is 1. The van der Waals surface area contributed by atoms with Gasteiger partial charge in [0.05, 0.1) is 6.07 Å². The van der Waals surface area contributed by atoms with Crippen molar-refractivity contribution in [3.05, 3.63) is 0 Å². The van der Waals surface area contributed by atoms with Crippen LogP contribution in [0.3, 0.4) is 0 Å². The van der Waals surface area contributed by atoms with Gasteiger partial charge in [-0.2, -0.15) is 5.26 Å². The maximum absolute atomic E-state index is 11.4. The van der Waals surface area contributed by atoms with Crippen LogP contribution in [0.15, 0.2) is 0 Å². The number of esters is 1. The minimum Gasteiger partial charge on any atom is -0.461 e. The molecule has 0 spiro atoms. The number of hydrogen-bond acceptors (Lipinski definition) is 3. The Morgan fingerprint density at radius 2 is 1.93 bits per heavy atom. The van der Waals surface area contributed by atoms with E-state index in [2.05, 4.69) is 6.07 Å². The number of nitrogens with zero attached hydrogens (tertiary/aromatic N) is 1. The Morgan fingerprint density at radius 1 is 1.21 bits per heavy atom. The summed E-state index contributed by atoms with van der Waals surface area (Å²) in [6, 6.07) is 2.09. The minimum atomic E-state index is -0.488. The second-order valence-electron chi connectivity index (χ2n) is 4.24. The fourth-order valence-corrected chi connectivity index (χ4v) is 2.55. The smallest absolute Gasteiger partial charge is 0.324 e. The third-order valence-electron chi connectivity index (χ3n) is 3.34. The van der Waals surface area contributed by atoms with E-state index in [0.717, 1.165) is 25.7 Å². The molecule has 1 saturated heterocycles. The number of rotatable bonds is 0. The maximum Gasteiger partial charge on any atom is 0.324 e. The largest absolute Gasteiger partial charge is 0.461 e. The first-order valence-electron chi connectivity index (χ1n) is 5.43. The highest BCUT2D eigenvalue weighted by Gasteiger charge is 2.44. The number of carbonyl (C=O) groups is 1. The van der Waals surface area contributed by atoms with Crippen molar-refractivity contribution in [2.45, 2.75) is 44.6 Å². The van der Waals surface area contributed by atoms with Crippen LogP contribution in [0, 0.1) is 23.2 Å². The molecule has 1 aliphatic carbocycles. The monoisotopic (exact) mass is 193 g/mol. The molecule has 0 N–H and O–H groups in total. The first-order chi connectivity index (χ1) is 6.83. The van der Waals surface area contributed by atoms with Gasteiger partial charge in [0.15, 0.2) is 0 Å². The first-order valence-corrected chi connectivity index (χ1v) is 5.43. The lowest BCUT2D eigenvalue weighted by Gasteiger charge is -2.20. The van der Waals surface area contributed by atoms with Crippen LogP contribution < -0.4 is 0 Å². The van der Waals surface area contributed by atoms with E-state index in [1.807, 2.05) is 0 Å². The molecule has 0 aromatic heterocycles. The van der Waals surface area contributed by atoms with Crippen LogP contribution in [0.2, 0.25) is 0 Å². The Hall–Kier alpha value is -1.04. The molecule has 0 amide bonds. The van der Waals surface area contributed by atoms with Gasteiger partial charge in [-0.3, -0.25) is 4.79 Å². The summed E-state index contributed by atoms with van der Waals surface area (Å²) in [5, 5.41) is 8.89. The minimum absolute atomic E-state index is 0.0347. The Balaban J connectivity index is 2.10. The molecule has 0 radical (unpaired) electrons. The molecule has 0 bridgehead atoms. The SMILES string of the molecule is N#CC1C(=O)OC2CCCCCCC21. The van der Waals surface area contributed by atoms with Crippen molar-refractivity contribution in [3.8, 4) is 6.07 Å². The normalized spacial score (nSPS) is 37.6. The van der Waals surface area contributed by atoms with Crippen LogP contribution in [0.25, 0.3) is 0 Å². The number of hydrogen-bond donors (Lipinski definition) is 0. The number of ether oxygens (including phenoxy) is 1. The molecule has 1 aliphatic heterocycles. The third-order valence-corrected chi connectivity index (χ3v) is 3.34. The quantitative estimate of drug-likeness (QED) is 0.553. The zero-order chi connectivity index (χ0) is 9.97. The summed E-state index contributed by atoms with van der Waals surface area (Å²) < 4.78 is 5.24. The summed E-state index contributed by atoms with van der Waals surface area (Å²) >= 11 is 0. The lowest BCUT2D eigenvalue weighted by atomic mass is 9.83. The molecule has 1 saturated carbocycles. The van der Waals surface area contributed by atoms with Crippen molar-refractivity contribution >= 4 is 5.97 Å². The predicted octanol–water partition coefficient (Wildman–Crippen LogP) is 2.02. The summed E-state index contributed by atoms with van der Waals surface area (Å²) in [5.74, 6) is -0.602. The van der Waals surface area contributed by atoms with Crippen LogP contribution in [0.5, 0.6) is 0 Å². The van der Waals surface area contributed by atoms with E-state index in [1.54, 1.807) is 0 Å². The molecule has 2 rings (SSSR count). The molecule has 3 nitrogen and oxygen atoms in total. The number of fused-ring (bicyclic) bond motifs is 1. The maximum atomic E-state index is 11.4. The molecule has 2 fully saturated rings. The summed E-state index contributed by atoms with van der Waals surface area (Å²) in [6.07, 6.45) is 6.70. The standard InChI is InChI=1S/C11H15NO2/c12-7-9-8-5-3-1-2-4-6-10(8)14-11(9)13/h8-10H,1-6H2. The second kappa shape index (κ2) is 4.00. The Kier molecular flexibility index (Phi) is 2.72. The highest BCUT2D eigenvalue weighted by atomic mass is 16.6. The zero-order valence-electron chi connectivity index (χ0n) is 8.24. The van der Waals surface area contributed by atoms with Crippen molar-refractivity contribution in [1.29, 1.82) is 5.26 Å². The van der Waals surface area contributed by atoms with Crippen LogP contribution >= 0.6 is 0 Å². The molecule has 1 heterocycles. The Morgan fingerprint density at radius 3 is 2.64 bits per heavy atom.